The second-order valence-corrected chi connectivity index (χ2v) is 5.55. The van der Waals surface area contributed by atoms with E-state index in [2.05, 4.69) is 21.2 Å². The standard InChI is InChI=1S/C15H16BrN3O/c1-19(2)14-8-7-12(17)9-13(14)18-15(20)10-3-5-11(16)6-4-10/h3-9H,17H2,1-2H3,(H,18,20). The molecule has 0 aliphatic heterocycles. The summed E-state index contributed by atoms with van der Waals surface area (Å²) in [6.07, 6.45) is 0. The van der Waals surface area contributed by atoms with Crippen LogP contribution in [0.3, 0.4) is 0 Å². The number of carbonyl (C=O) groups is 1. The zero-order valence-electron chi connectivity index (χ0n) is 11.4. The first-order valence-corrected chi connectivity index (χ1v) is 6.90. The van der Waals surface area contributed by atoms with Crippen molar-refractivity contribution in [3.05, 3.63) is 52.5 Å². The average Bonchev–Trinajstić information content (AvgIpc) is 2.39. The van der Waals surface area contributed by atoms with Gasteiger partial charge in [-0.2, -0.15) is 0 Å². The minimum absolute atomic E-state index is 0.161. The number of nitrogens with two attached hydrogens (primary N) is 1. The minimum atomic E-state index is -0.161. The Morgan fingerprint density at radius 1 is 1.15 bits per heavy atom. The molecule has 20 heavy (non-hydrogen) atoms. The molecule has 4 nitrogen and oxygen atoms in total. The summed E-state index contributed by atoms with van der Waals surface area (Å²) in [5.41, 5.74) is 8.60. The lowest BCUT2D eigenvalue weighted by molar-refractivity contribution is 0.102. The van der Waals surface area contributed by atoms with Gasteiger partial charge in [0.05, 0.1) is 11.4 Å². The van der Waals surface area contributed by atoms with Gasteiger partial charge in [0, 0.05) is 29.8 Å². The van der Waals surface area contributed by atoms with E-state index >= 15 is 0 Å². The van der Waals surface area contributed by atoms with Crippen LogP contribution < -0.4 is 16.0 Å². The zero-order valence-corrected chi connectivity index (χ0v) is 12.9. The van der Waals surface area contributed by atoms with E-state index in [9.17, 15) is 4.79 Å². The van der Waals surface area contributed by atoms with Crippen molar-refractivity contribution in [2.75, 3.05) is 30.0 Å². The number of rotatable bonds is 3. The molecule has 2 rings (SSSR count). The molecule has 0 spiro atoms. The Morgan fingerprint density at radius 2 is 1.80 bits per heavy atom. The first-order valence-electron chi connectivity index (χ1n) is 6.11. The van der Waals surface area contributed by atoms with E-state index in [0.717, 1.165) is 10.2 Å². The third kappa shape index (κ3) is 3.30. The summed E-state index contributed by atoms with van der Waals surface area (Å²) in [6, 6.07) is 12.6. The number of carbonyl (C=O) groups excluding carboxylic acids is 1. The van der Waals surface area contributed by atoms with Crippen molar-refractivity contribution in [3.63, 3.8) is 0 Å². The van der Waals surface area contributed by atoms with Crippen LogP contribution in [0.5, 0.6) is 0 Å². The minimum Gasteiger partial charge on any atom is -0.399 e. The molecule has 0 bridgehead atoms. The van der Waals surface area contributed by atoms with Crippen LogP contribution in [-0.2, 0) is 0 Å². The van der Waals surface area contributed by atoms with Gasteiger partial charge in [0.25, 0.3) is 5.91 Å². The van der Waals surface area contributed by atoms with Gasteiger partial charge in [0.1, 0.15) is 0 Å². The molecule has 0 aromatic heterocycles. The summed E-state index contributed by atoms with van der Waals surface area (Å²) in [5.74, 6) is -0.161. The van der Waals surface area contributed by atoms with Gasteiger partial charge in [0.2, 0.25) is 0 Å². The van der Waals surface area contributed by atoms with Crippen molar-refractivity contribution in [3.8, 4) is 0 Å². The molecule has 3 N–H and O–H groups in total. The molecule has 1 amide bonds. The van der Waals surface area contributed by atoms with Gasteiger partial charge in [-0.25, -0.2) is 0 Å². The van der Waals surface area contributed by atoms with Crippen molar-refractivity contribution < 1.29 is 4.79 Å². The largest absolute Gasteiger partial charge is 0.399 e. The number of hydrogen-bond donors (Lipinski definition) is 2. The summed E-state index contributed by atoms with van der Waals surface area (Å²) in [7, 11) is 3.83. The molecule has 0 aliphatic rings. The van der Waals surface area contributed by atoms with E-state index < -0.39 is 0 Å². The second-order valence-electron chi connectivity index (χ2n) is 4.63. The normalized spacial score (nSPS) is 10.2. The van der Waals surface area contributed by atoms with Gasteiger partial charge in [0.15, 0.2) is 0 Å². The van der Waals surface area contributed by atoms with Crippen LogP contribution in [0.25, 0.3) is 0 Å². The second kappa shape index (κ2) is 5.96. The number of nitrogens with zero attached hydrogens (tertiary/aromatic N) is 1. The van der Waals surface area contributed by atoms with Gasteiger partial charge in [-0.05, 0) is 42.5 Å². The molecule has 5 heteroatoms. The molecular formula is C15H16BrN3O. The quantitative estimate of drug-likeness (QED) is 0.847. The molecule has 0 radical (unpaired) electrons. The SMILES string of the molecule is CN(C)c1ccc(N)cc1NC(=O)c1ccc(Br)cc1. The van der Waals surface area contributed by atoms with Crippen LogP contribution in [0.4, 0.5) is 17.1 Å². The third-order valence-electron chi connectivity index (χ3n) is 2.86. The first kappa shape index (κ1) is 14.4. The Labute approximate surface area is 126 Å². The van der Waals surface area contributed by atoms with Gasteiger partial charge in [-0.1, -0.05) is 15.9 Å². The van der Waals surface area contributed by atoms with Gasteiger partial charge >= 0.3 is 0 Å². The summed E-state index contributed by atoms with van der Waals surface area (Å²) in [5, 5.41) is 2.89. The monoisotopic (exact) mass is 333 g/mol. The fourth-order valence-electron chi connectivity index (χ4n) is 1.84. The Morgan fingerprint density at radius 3 is 2.40 bits per heavy atom. The number of hydrogen-bond acceptors (Lipinski definition) is 3. The number of nitrogen functional groups attached to an aromatic ring is 1. The average molecular weight is 334 g/mol. The van der Waals surface area contributed by atoms with Crippen LogP contribution >= 0.6 is 15.9 Å². The van der Waals surface area contributed by atoms with Crippen molar-refractivity contribution in [1.29, 1.82) is 0 Å². The summed E-state index contributed by atoms with van der Waals surface area (Å²) >= 11 is 3.35. The lowest BCUT2D eigenvalue weighted by Gasteiger charge is -2.18. The highest BCUT2D eigenvalue weighted by molar-refractivity contribution is 9.10. The molecule has 104 valence electrons. The highest BCUT2D eigenvalue weighted by Gasteiger charge is 2.10. The topological polar surface area (TPSA) is 58.4 Å². The molecule has 0 saturated heterocycles. The maximum absolute atomic E-state index is 12.2. The van der Waals surface area contributed by atoms with E-state index in [4.69, 9.17) is 5.73 Å². The van der Waals surface area contributed by atoms with E-state index in [1.165, 1.54) is 0 Å². The first-order chi connectivity index (χ1) is 9.47. The van der Waals surface area contributed by atoms with Gasteiger partial charge in [-0.15, -0.1) is 0 Å². The highest BCUT2D eigenvalue weighted by atomic mass is 79.9. The summed E-state index contributed by atoms with van der Waals surface area (Å²) in [6.45, 7) is 0. The fourth-order valence-corrected chi connectivity index (χ4v) is 2.10. The van der Waals surface area contributed by atoms with Crippen molar-refractivity contribution in [2.24, 2.45) is 0 Å². The number of halogens is 1. The smallest absolute Gasteiger partial charge is 0.255 e. The third-order valence-corrected chi connectivity index (χ3v) is 3.39. The fraction of sp³-hybridized carbons (Fsp3) is 0.133. The Kier molecular flexibility index (Phi) is 4.29. The predicted molar refractivity (Wildman–Crippen MR) is 87.3 cm³/mol. The number of anilines is 3. The molecule has 0 saturated carbocycles. The molecular weight excluding hydrogens is 318 g/mol. The molecule has 0 unspecified atom stereocenters. The molecule has 0 aliphatic carbocycles. The predicted octanol–water partition coefficient (Wildman–Crippen LogP) is 3.35. The molecule has 0 atom stereocenters. The Bertz CT molecular complexity index is 624. The van der Waals surface area contributed by atoms with Crippen LogP contribution in [0.2, 0.25) is 0 Å². The van der Waals surface area contributed by atoms with Crippen molar-refractivity contribution in [1.82, 2.24) is 0 Å². The maximum atomic E-state index is 12.2. The van der Waals surface area contributed by atoms with Crippen LogP contribution in [0, 0.1) is 0 Å². The van der Waals surface area contributed by atoms with Crippen LogP contribution in [0.15, 0.2) is 46.9 Å². The van der Waals surface area contributed by atoms with E-state index in [0.29, 0.717) is 16.9 Å². The maximum Gasteiger partial charge on any atom is 0.255 e. The lowest BCUT2D eigenvalue weighted by atomic mass is 10.2. The number of nitrogens with one attached hydrogen (secondary N) is 1. The van der Waals surface area contributed by atoms with Crippen molar-refractivity contribution in [2.45, 2.75) is 0 Å². The van der Waals surface area contributed by atoms with E-state index in [1.807, 2.05) is 43.3 Å². The lowest BCUT2D eigenvalue weighted by Crippen LogP contribution is -2.17. The highest BCUT2D eigenvalue weighted by Crippen LogP contribution is 2.27. The van der Waals surface area contributed by atoms with Crippen LogP contribution in [-0.4, -0.2) is 20.0 Å². The van der Waals surface area contributed by atoms with Gasteiger partial charge in [-0.3, -0.25) is 4.79 Å². The molecule has 2 aromatic carbocycles. The van der Waals surface area contributed by atoms with E-state index in [-0.39, 0.29) is 5.91 Å². The Balaban J connectivity index is 2.27. The summed E-state index contributed by atoms with van der Waals surface area (Å²) in [4.78, 5) is 14.2. The van der Waals surface area contributed by atoms with Crippen LogP contribution in [0.1, 0.15) is 10.4 Å². The Hall–Kier alpha value is -2.01. The summed E-state index contributed by atoms with van der Waals surface area (Å²) < 4.78 is 0.937. The number of amides is 1. The van der Waals surface area contributed by atoms with Gasteiger partial charge < -0.3 is 16.0 Å². The molecule has 0 fully saturated rings. The molecule has 0 heterocycles. The number of benzene rings is 2. The van der Waals surface area contributed by atoms with E-state index in [1.54, 1.807) is 18.2 Å². The molecule has 2 aromatic rings. The zero-order chi connectivity index (χ0) is 14.7. The van der Waals surface area contributed by atoms with Crippen molar-refractivity contribution >= 4 is 38.9 Å².